The number of rotatable bonds is 3. The molecule has 1 aliphatic heterocycles. The lowest BCUT2D eigenvalue weighted by Gasteiger charge is -2.25. The van der Waals surface area contributed by atoms with Crippen molar-refractivity contribution in [3.05, 3.63) is 54.1 Å². The van der Waals surface area contributed by atoms with Gasteiger partial charge in [0.05, 0.1) is 24.3 Å². The van der Waals surface area contributed by atoms with E-state index in [1.54, 1.807) is 24.7 Å². The zero-order chi connectivity index (χ0) is 14.7. The molecule has 0 aliphatic carbocycles. The lowest BCUT2D eigenvalue weighted by atomic mass is 10.1. The van der Waals surface area contributed by atoms with Crippen LogP contribution in [0.3, 0.4) is 0 Å². The van der Waals surface area contributed by atoms with Crippen LogP contribution >= 0.6 is 0 Å². The fraction of sp³-hybridized carbons (Fsp3) is 0.312. The third kappa shape index (κ3) is 3.02. The summed E-state index contributed by atoms with van der Waals surface area (Å²) in [7, 11) is 0. The van der Waals surface area contributed by atoms with Crippen LogP contribution in [0.2, 0.25) is 0 Å². The van der Waals surface area contributed by atoms with Gasteiger partial charge in [-0.2, -0.15) is 0 Å². The highest BCUT2D eigenvalue weighted by atomic mass is 16.2. The van der Waals surface area contributed by atoms with E-state index < -0.39 is 0 Å². The van der Waals surface area contributed by atoms with Crippen LogP contribution in [0.4, 0.5) is 5.69 Å². The molecule has 108 valence electrons. The fourth-order valence-electron chi connectivity index (χ4n) is 2.79. The number of nitrogens with two attached hydrogens (primary N) is 1. The Morgan fingerprint density at radius 1 is 1.29 bits per heavy atom. The first-order valence-corrected chi connectivity index (χ1v) is 7.14. The van der Waals surface area contributed by atoms with Crippen LogP contribution in [0, 0.1) is 0 Å². The Balaban J connectivity index is 1.73. The van der Waals surface area contributed by atoms with Crippen LogP contribution < -0.4 is 5.73 Å². The van der Waals surface area contributed by atoms with Crippen LogP contribution in [-0.2, 0) is 11.2 Å². The molecule has 0 radical (unpaired) electrons. The van der Waals surface area contributed by atoms with E-state index in [1.807, 2.05) is 23.1 Å². The maximum absolute atomic E-state index is 12.5. The first kappa shape index (κ1) is 13.5. The maximum atomic E-state index is 12.5. The van der Waals surface area contributed by atoms with E-state index >= 15 is 0 Å². The second-order valence-corrected chi connectivity index (χ2v) is 5.29. The van der Waals surface area contributed by atoms with Gasteiger partial charge in [-0.15, -0.1) is 0 Å². The first-order chi connectivity index (χ1) is 10.2. The minimum atomic E-state index is 0.117. The third-order valence-electron chi connectivity index (χ3n) is 3.84. The molecule has 1 atom stereocenters. The molecule has 2 aromatic heterocycles. The molecule has 5 heteroatoms. The SMILES string of the molecule is Nc1ccc(CC(=O)N2CCCC2c2ccncc2)nc1. The smallest absolute Gasteiger partial charge is 0.229 e. The van der Waals surface area contributed by atoms with Gasteiger partial charge in [0.25, 0.3) is 0 Å². The minimum absolute atomic E-state index is 0.117. The Bertz CT molecular complexity index is 612. The van der Waals surface area contributed by atoms with Crippen molar-refractivity contribution in [2.24, 2.45) is 0 Å². The number of likely N-dealkylation sites (tertiary alicyclic amines) is 1. The molecule has 0 aromatic carbocycles. The Kier molecular flexibility index (Phi) is 3.81. The molecule has 3 rings (SSSR count). The molecule has 0 spiro atoms. The topological polar surface area (TPSA) is 72.1 Å². The quantitative estimate of drug-likeness (QED) is 0.934. The number of carbonyl (C=O) groups is 1. The number of hydrogen-bond donors (Lipinski definition) is 1. The van der Waals surface area contributed by atoms with Gasteiger partial charge in [0.2, 0.25) is 5.91 Å². The van der Waals surface area contributed by atoms with Crippen molar-refractivity contribution in [1.29, 1.82) is 0 Å². The summed E-state index contributed by atoms with van der Waals surface area (Å²) >= 11 is 0. The van der Waals surface area contributed by atoms with Gasteiger partial charge in [-0.1, -0.05) is 0 Å². The van der Waals surface area contributed by atoms with Crippen molar-refractivity contribution < 1.29 is 4.79 Å². The average Bonchev–Trinajstić information content (AvgIpc) is 3.00. The van der Waals surface area contributed by atoms with Crippen molar-refractivity contribution in [3.63, 3.8) is 0 Å². The molecule has 5 nitrogen and oxygen atoms in total. The zero-order valence-electron chi connectivity index (χ0n) is 11.8. The molecule has 1 fully saturated rings. The van der Waals surface area contributed by atoms with Crippen molar-refractivity contribution in [2.75, 3.05) is 12.3 Å². The van der Waals surface area contributed by atoms with Gasteiger partial charge in [0, 0.05) is 24.6 Å². The van der Waals surface area contributed by atoms with E-state index in [9.17, 15) is 4.79 Å². The van der Waals surface area contributed by atoms with Crippen molar-refractivity contribution >= 4 is 11.6 Å². The highest BCUT2D eigenvalue weighted by molar-refractivity contribution is 5.79. The first-order valence-electron chi connectivity index (χ1n) is 7.14. The summed E-state index contributed by atoms with van der Waals surface area (Å²) in [4.78, 5) is 22.7. The number of nitrogen functional groups attached to an aromatic ring is 1. The number of pyridine rings is 2. The Labute approximate surface area is 123 Å². The largest absolute Gasteiger partial charge is 0.397 e. The van der Waals surface area contributed by atoms with Crippen LogP contribution in [0.15, 0.2) is 42.9 Å². The molecule has 1 aliphatic rings. The number of hydrogen-bond acceptors (Lipinski definition) is 4. The fourth-order valence-corrected chi connectivity index (χ4v) is 2.79. The highest BCUT2D eigenvalue weighted by Crippen LogP contribution is 2.31. The molecule has 1 saturated heterocycles. The summed E-state index contributed by atoms with van der Waals surface area (Å²) in [5.41, 5.74) is 8.14. The number of anilines is 1. The van der Waals surface area contributed by atoms with Gasteiger partial charge in [-0.25, -0.2) is 0 Å². The van der Waals surface area contributed by atoms with E-state index in [-0.39, 0.29) is 11.9 Å². The second-order valence-electron chi connectivity index (χ2n) is 5.29. The molecule has 0 bridgehead atoms. The number of amides is 1. The average molecular weight is 282 g/mol. The summed E-state index contributed by atoms with van der Waals surface area (Å²) in [5.74, 6) is 0.117. The monoisotopic (exact) mass is 282 g/mol. The van der Waals surface area contributed by atoms with E-state index in [4.69, 9.17) is 5.73 Å². The maximum Gasteiger partial charge on any atom is 0.229 e. The van der Waals surface area contributed by atoms with Gasteiger partial charge in [0.1, 0.15) is 0 Å². The van der Waals surface area contributed by atoms with Crippen molar-refractivity contribution in [1.82, 2.24) is 14.9 Å². The summed E-state index contributed by atoms with van der Waals surface area (Å²) in [6, 6.07) is 7.72. The van der Waals surface area contributed by atoms with Gasteiger partial charge >= 0.3 is 0 Å². The molecule has 0 saturated carbocycles. The molecule has 3 heterocycles. The second kappa shape index (κ2) is 5.91. The molecule has 2 N–H and O–H groups in total. The summed E-state index contributed by atoms with van der Waals surface area (Å²) in [5, 5.41) is 0. The van der Waals surface area contributed by atoms with E-state index in [0.717, 1.165) is 30.6 Å². The van der Waals surface area contributed by atoms with Crippen LogP contribution in [0.5, 0.6) is 0 Å². The number of nitrogens with zero attached hydrogens (tertiary/aromatic N) is 3. The summed E-state index contributed by atoms with van der Waals surface area (Å²) in [6.07, 6.45) is 7.50. The normalized spacial score (nSPS) is 17.9. The lowest BCUT2D eigenvalue weighted by molar-refractivity contribution is -0.131. The lowest BCUT2D eigenvalue weighted by Crippen LogP contribution is -2.32. The highest BCUT2D eigenvalue weighted by Gasteiger charge is 2.29. The molecule has 2 aromatic rings. The Morgan fingerprint density at radius 3 is 2.81 bits per heavy atom. The van der Waals surface area contributed by atoms with E-state index in [0.29, 0.717) is 12.1 Å². The number of aromatic nitrogens is 2. The molecular weight excluding hydrogens is 264 g/mol. The minimum Gasteiger partial charge on any atom is -0.397 e. The van der Waals surface area contributed by atoms with Crippen LogP contribution in [0.1, 0.15) is 30.1 Å². The predicted molar refractivity (Wildman–Crippen MR) is 80.3 cm³/mol. The molecule has 1 unspecified atom stereocenters. The van der Waals surface area contributed by atoms with Gasteiger partial charge in [0.15, 0.2) is 0 Å². The molecule has 1 amide bonds. The van der Waals surface area contributed by atoms with Crippen molar-refractivity contribution in [3.8, 4) is 0 Å². The number of carbonyl (C=O) groups excluding carboxylic acids is 1. The molecule has 21 heavy (non-hydrogen) atoms. The third-order valence-corrected chi connectivity index (χ3v) is 3.84. The standard InChI is InChI=1S/C16H18N4O/c17-13-3-4-14(19-11-13)10-16(21)20-9-1-2-15(20)12-5-7-18-8-6-12/h3-8,11,15H,1-2,9-10,17H2. The molecular formula is C16H18N4O. The summed E-state index contributed by atoms with van der Waals surface area (Å²) in [6.45, 7) is 0.806. The Hall–Kier alpha value is -2.43. The van der Waals surface area contributed by atoms with E-state index in [1.165, 1.54) is 0 Å². The predicted octanol–water partition coefficient (Wildman–Crippen LogP) is 1.97. The van der Waals surface area contributed by atoms with Gasteiger partial charge < -0.3 is 10.6 Å². The Morgan fingerprint density at radius 2 is 2.10 bits per heavy atom. The van der Waals surface area contributed by atoms with Gasteiger partial charge in [-0.05, 0) is 42.7 Å². The van der Waals surface area contributed by atoms with Gasteiger partial charge in [-0.3, -0.25) is 14.8 Å². The van der Waals surface area contributed by atoms with E-state index in [2.05, 4.69) is 9.97 Å². The summed E-state index contributed by atoms with van der Waals surface area (Å²) < 4.78 is 0. The zero-order valence-corrected chi connectivity index (χ0v) is 11.8. The van der Waals surface area contributed by atoms with Crippen LogP contribution in [-0.4, -0.2) is 27.3 Å². The van der Waals surface area contributed by atoms with Crippen LogP contribution in [0.25, 0.3) is 0 Å². The van der Waals surface area contributed by atoms with Crippen molar-refractivity contribution in [2.45, 2.75) is 25.3 Å².